The molecule has 0 N–H and O–H groups in total. The molecule has 20 heavy (non-hydrogen) atoms. The van der Waals surface area contributed by atoms with Crippen LogP contribution in [0.25, 0.3) is 5.57 Å². The third-order valence-corrected chi connectivity index (χ3v) is 3.62. The fourth-order valence-corrected chi connectivity index (χ4v) is 2.53. The van der Waals surface area contributed by atoms with Gasteiger partial charge in [0, 0.05) is 15.6 Å². The SMILES string of the molecule is C=C1c2ccc(Br)cc2Oc2c1cccc2C(F)(F)F. The highest BCUT2D eigenvalue weighted by Gasteiger charge is 2.37. The Balaban J connectivity index is 2.23. The van der Waals surface area contributed by atoms with Crippen LogP contribution in [0, 0.1) is 0 Å². The Labute approximate surface area is 121 Å². The first-order chi connectivity index (χ1) is 9.38. The van der Waals surface area contributed by atoms with Gasteiger partial charge in [0.05, 0.1) is 5.56 Å². The molecule has 1 aliphatic heterocycles. The van der Waals surface area contributed by atoms with Gasteiger partial charge in [-0.3, -0.25) is 0 Å². The highest BCUT2D eigenvalue weighted by molar-refractivity contribution is 9.10. The van der Waals surface area contributed by atoms with E-state index >= 15 is 0 Å². The van der Waals surface area contributed by atoms with Gasteiger partial charge in [0.15, 0.2) is 0 Å². The number of para-hydroxylation sites is 1. The van der Waals surface area contributed by atoms with Crippen molar-refractivity contribution in [1.82, 2.24) is 0 Å². The Hall–Kier alpha value is -1.75. The van der Waals surface area contributed by atoms with E-state index in [4.69, 9.17) is 4.74 Å². The van der Waals surface area contributed by atoms with Crippen molar-refractivity contribution in [2.24, 2.45) is 0 Å². The van der Waals surface area contributed by atoms with Crippen molar-refractivity contribution in [3.63, 3.8) is 0 Å². The van der Waals surface area contributed by atoms with Crippen LogP contribution in [0.4, 0.5) is 13.2 Å². The second-order valence-electron chi connectivity index (χ2n) is 4.40. The van der Waals surface area contributed by atoms with Gasteiger partial charge in [0.2, 0.25) is 0 Å². The summed E-state index contributed by atoms with van der Waals surface area (Å²) in [6.45, 7) is 3.89. The van der Waals surface area contributed by atoms with Crippen molar-refractivity contribution in [2.45, 2.75) is 6.18 Å². The zero-order chi connectivity index (χ0) is 14.5. The molecule has 3 rings (SSSR count). The maximum atomic E-state index is 13.0. The molecule has 1 aliphatic rings. The van der Waals surface area contributed by atoms with Crippen LogP contribution in [-0.4, -0.2) is 0 Å². The molecule has 2 aromatic rings. The molecule has 0 saturated heterocycles. The van der Waals surface area contributed by atoms with E-state index in [0.717, 1.165) is 10.5 Å². The summed E-state index contributed by atoms with van der Waals surface area (Å²) in [4.78, 5) is 0. The molecule has 0 bridgehead atoms. The normalized spacial score (nSPS) is 13.5. The van der Waals surface area contributed by atoms with Crippen LogP contribution in [0.2, 0.25) is 0 Å². The van der Waals surface area contributed by atoms with Crippen molar-refractivity contribution in [3.8, 4) is 11.5 Å². The van der Waals surface area contributed by atoms with Crippen LogP contribution >= 0.6 is 15.9 Å². The maximum absolute atomic E-state index is 13.0. The molecule has 5 heteroatoms. The van der Waals surface area contributed by atoms with Crippen molar-refractivity contribution >= 4 is 21.5 Å². The van der Waals surface area contributed by atoms with Gasteiger partial charge in [-0.1, -0.05) is 34.6 Å². The van der Waals surface area contributed by atoms with E-state index in [0.29, 0.717) is 22.4 Å². The van der Waals surface area contributed by atoms with Crippen LogP contribution in [0.3, 0.4) is 0 Å². The number of alkyl halides is 3. The number of halogens is 4. The van der Waals surface area contributed by atoms with Crippen molar-refractivity contribution in [2.75, 3.05) is 0 Å². The lowest BCUT2D eigenvalue weighted by Crippen LogP contribution is -2.11. The molecule has 0 radical (unpaired) electrons. The van der Waals surface area contributed by atoms with Gasteiger partial charge in [0.1, 0.15) is 11.5 Å². The largest absolute Gasteiger partial charge is 0.455 e. The van der Waals surface area contributed by atoms with Gasteiger partial charge < -0.3 is 4.74 Å². The topological polar surface area (TPSA) is 9.23 Å². The predicted octanol–water partition coefficient (Wildman–Crippen LogP) is 5.64. The Kier molecular flexibility index (Phi) is 2.90. The van der Waals surface area contributed by atoms with Gasteiger partial charge in [-0.05, 0) is 29.8 Å². The minimum atomic E-state index is -4.46. The van der Waals surface area contributed by atoms with Crippen molar-refractivity contribution < 1.29 is 17.9 Å². The van der Waals surface area contributed by atoms with Crippen LogP contribution in [0.1, 0.15) is 16.7 Å². The molecule has 0 aliphatic carbocycles. The Morgan fingerprint density at radius 2 is 1.80 bits per heavy atom. The number of ether oxygens (including phenoxy) is 1. The molecular weight excluding hydrogens is 333 g/mol. The zero-order valence-corrected chi connectivity index (χ0v) is 11.7. The first kappa shape index (κ1) is 13.2. The van der Waals surface area contributed by atoms with E-state index < -0.39 is 11.7 Å². The molecule has 0 saturated carbocycles. The van der Waals surface area contributed by atoms with Crippen LogP contribution in [-0.2, 0) is 6.18 Å². The number of rotatable bonds is 0. The number of hydrogen-bond acceptors (Lipinski definition) is 1. The Bertz CT molecular complexity index is 720. The summed E-state index contributed by atoms with van der Waals surface area (Å²) in [5.74, 6) is 0.184. The number of benzene rings is 2. The molecule has 0 aromatic heterocycles. The van der Waals surface area contributed by atoms with E-state index in [2.05, 4.69) is 22.5 Å². The standard InChI is InChI=1S/C15H8BrF3O/c1-8-10-6-5-9(16)7-13(10)20-14-11(8)3-2-4-12(14)15(17,18)19/h2-7H,1H2. The zero-order valence-electron chi connectivity index (χ0n) is 10.1. The third-order valence-electron chi connectivity index (χ3n) is 3.13. The summed E-state index contributed by atoms with van der Waals surface area (Å²) >= 11 is 3.28. The summed E-state index contributed by atoms with van der Waals surface area (Å²) in [6.07, 6.45) is -4.46. The lowest BCUT2D eigenvalue weighted by molar-refractivity contribution is -0.138. The summed E-state index contributed by atoms with van der Waals surface area (Å²) in [7, 11) is 0. The van der Waals surface area contributed by atoms with Crippen LogP contribution < -0.4 is 4.74 Å². The number of fused-ring (bicyclic) bond motifs is 2. The van der Waals surface area contributed by atoms with E-state index in [1.807, 2.05) is 0 Å². The summed E-state index contributed by atoms with van der Waals surface area (Å²) in [5, 5.41) is 0. The highest BCUT2D eigenvalue weighted by atomic mass is 79.9. The molecule has 0 amide bonds. The van der Waals surface area contributed by atoms with Crippen molar-refractivity contribution in [1.29, 1.82) is 0 Å². The molecule has 0 spiro atoms. The smallest absolute Gasteiger partial charge is 0.420 e. The van der Waals surface area contributed by atoms with Crippen molar-refractivity contribution in [3.05, 3.63) is 64.1 Å². The highest BCUT2D eigenvalue weighted by Crippen LogP contribution is 2.48. The average molecular weight is 341 g/mol. The lowest BCUT2D eigenvalue weighted by atomic mass is 9.93. The molecule has 1 nitrogen and oxygen atoms in total. The van der Waals surface area contributed by atoms with Gasteiger partial charge in [0.25, 0.3) is 0 Å². The summed E-state index contributed by atoms with van der Waals surface area (Å²) in [5.41, 5.74) is 0.802. The van der Waals surface area contributed by atoms with Gasteiger partial charge in [-0.2, -0.15) is 13.2 Å². The third kappa shape index (κ3) is 2.02. The van der Waals surface area contributed by atoms with E-state index in [1.54, 1.807) is 24.3 Å². The fourth-order valence-electron chi connectivity index (χ4n) is 2.19. The summed E-state index contributed by atoms with van der Waals surface area (Å²) < 4.78 is 45.3. The Morgan fingerprint density at radius 1 is 1.05 bits per heavy atom. The van der Waals surface area contributed by atoms with Crippen LogP contribution in [0.15, 0.2) is 47.4 Å². The van der Waals surface area contributed by atoms with Crippen LogP contribution in [0.5, 0.6) is 11.5 Å². The van der Waals surface area contributed by atoms with Gasteiger partial charge in [-0.15, -0.1) is 0 Å². The average Bonchev–Trinajstić information content (AvgIpc) is 2.37. The predicted molar refractivity (Wildman–Crippen MR) is 73.8 cm³/mol. The van der Waals surface area contributed by atoms with E-state index in [1.165, 1.54) is 6.07 Å². The minimum absolute atomic E-state index is 0.185. The minimum Gasteiger partial charge on any atom is -0.455 e. The molecule has 0 atom stereocenters. The molecule has 102 valence electrons. The molecule has 0 fully saturated rings. The van der Waals surface area contributed by atoms with E-state index in [9.17, 15) is 13.2 Å². The van der Waals surface area contributed by atoms with Gasteiger partial charge in [-0.25, -0.2) is 0 Å². The lowest BCUT2D eigenvalue weighted by Gasteiger charge is -2.25. The first-order valence-electron chi connectivity index (χ1n) is 5.75. The van der Waals surface area contributed by atoms with E-state index in [-0.39, 0.29) is 5.75 Å². The second-order valence-corrected chi connectivity index (χ2v) is 5.32. The molecule has 0 unspecified atom stereocenters. The summed E-state index contributed by atoms with van der Waals surface area (Å²) in [6, 6.07) is 9.15. The number of hydrogen-bond donors (Lipinski definition) is 0. The molecule has 1 heterocycles. The van der Waals surface area contributed by atoms with Gasteiger partial charge >= 0.3 is 6.18 Å². The Morgan fingerprint density at radius 3 is 2.50 bits per heavy atom. The monoisotopic (exact) mass is 340 g/mol. The second kappa shape index (κ2) is 4.38. The molecular formula is C15H8BrF3O. The fraction of sp³-hybridized carbons (Fsp3) is 0.0667. The maximum Gasteiger partial charge on any atom is 0.420 e. The quantitative estimate of drug-likeness (QED) is 0.515. The first-order valence-corrected chi connectivity index (χ1v) is 6.54. The molecule has 2 aromatic carbocycles.